The Bertz CT molecular complexity index is 172. The van der Waals surface area contributed by atoms with E-state index in [1.54, 1.807) is 0 Å². The molecule has 0 aromatic carbocycles. The van der Waals surface area contributed by atoms with Crippen LogP contribution in [0, 0.1) is 23.7 Å². The van der Waals surface area contributed by atoms with Crippen molar-refractivity contribution < 1.29 is 0 Å². The minimum absolute atomic E-state index is 0.832. The second-order valence-electron chi connectivity index (χ2n) is 6.46. The first-order valence-electron chi connectivity index (χ1n) is 7.84. The molecule has 0 radical (unpaired) electrons. The summed E-state index contributed by atoms with van der Waals surface area (Å²) in [5.74, 6) is 3.51. The lowest BCUT2D eigenvalue weighted by Gasteiger charge is -2.25. The van der Waals surface area contributed by atoms with Crippen molar-refractivity contribution in [2.75, 3.05) is 26.7 Å². The Hall–Kier alpha value is -0.0800. The predicted octanol–water partition coefficient (Wildman–Crippen LogP) is 3.53. The van der Waals surface area contributed by atoms with Crippen LogP contribution in [0.25, 0.3) is 0 Å². The summed E-state index contributed by atoms with van der Waals surface area (Å²) >= 11 is 0. The molecule has 1 fully saturated rings. The lowest BCUT2D eigenvalue weighted by molar-refractivity contribution is 0.296. The van der Waals surface area contributed by atoms with Crippen LogP contribution in [0.1, 0.15) is 53.9 Å². The summed E-state index contributed by atoms with van der Waals surface area (Å²) in [7, 11) is 2.01. The molecule has 1 heterocycles. The minimum atomic E-state index is 0.832. The van der Waals surface area contributed by atoms with Gasteiger partial charge in [-0.1, -0.05) is 34.6 Å². The first-order valence-corrected chi connectivity index (χ1v) is 7.84. The highest BCUT2D eigenvalue weighted by Gasteiger charge is 2.15. The van der Waals surface area contributed by atoms with Crippen LogP contribution in [0.2, 0.25) is 0 Å². The van der Waals surface area contributed by atoms with Gasteiger partial charge in [0.15, 0.2) is 0 Å². The number of hydrogen-bond donors (Lipinski definition) is 2. The first-order chi connectivity index (χ1) is 8.49. The van der Waals surface area contributed by atoms with Gasteiger partial charge in [-0.15, -0.1) is 0 Å². The fourth-order valence-corrected chi connectivity index (χ4v) is 2.15. The predicted molar refractivity (Wildman–Crippen MR) is 83.0 cm³/mol. The van der Waals surface area contributed by atoms with Gasteiger partial charge in [-0.05, 0) is 69.6 Å². The van der Waals surface area contributed by atoms with Crippen molar-refractivity contribution in [2.24, 2.45) is 23.7 Å². The van der Waals surface area contributed by atoms with Crippen molar-refractivity contribution in [3.05, 3.63) is 0 Å². The molecule has 1 rings (SSSR count). The Morgan fingerprint density at radius 1 is 1.17 bits per heavy atom. The zero-order chi connectivity index (χ0) is 14.0. The number of rotatable bonds is 5. The standard InChI is InChI=1S/C8H17N.C8H19N/c1-7(2)8-4-3-5-9-6-8;1-7(2)8(3)5-6-9-4/h7-9H,3-6H2,1-2H3;7-9H,5-6H2,1-4H3. The van der Waals surface area contributed by atoms with E-state index in [4.69, 9.17) is 0 Å². The van der Waals surface area contributed by atoms with Gasteiger partial charge in [0.2, 0.25) is 0 Å². The summed E-state index contributed by atoms with van der Waals surface area (Å²) in [6.07, 6.45) is 4.11. The van der Waals surface area contributed by atoms with Crippen molar-refractivity contribution >= 4 is 0 Å². The van der Waals surface area contributed by atoms with Crippen molar-refractivity contribution in [3.63, 3.8) is 0 Å². The van der Waals surface area contributed by atoms with E-state index < -0.39 is 0 Å². The van der Waals surface area contributed by atoms with Gasteiger partial charge in [-0.2, -0.15) is 0 Å². The summed E-state index contributed by atoms with van der Waals surface area (Å²) < 4.78 is 0. The quantitative estimate of drug-likeness (QED) is 0.786. The van der Waals surface area contributed by atoms with E-state index in [-0.39, 0.29) is 0 Å². The smallest absolute Gasteiger partial charge is 0.00181 e. The molecule has 0 saturated carbocycles. The summed E-state index contributed by atoms with van der Waals surface area (Å²) in [5, 5.41) is 6.57. The van der Waals surface area contributed by atoms with Crippen LogP contribution in [-0.2, 0) is 0 Å². The second-order valence-corrected chi connectivity index (χ2v) is 6.46. The average molecular weight is 256 g/mol. The van der Waals surface area contributed by atoms with E-state index in [1.165, 1.54) is 32.4 Å². The SMILES string of the molecule is CC(C)C1CCCNC1.CNCCC(C)C(C)C. The maximum Gasteiger partial charge on any atom is -0.00181 e. The van der Waals surface area contributed by atoms with Gasteiger partial charge in [-0.25, -0.2) is 0 Å². The lowest BCUT2D eigenvalue weighted by Crippen LogP contribution is -2.32. The molecule has 0 aromatic rings. The molecule has 2 unspecified atom stereocenters. The Morgan fingerprint density at radius 2 is 1.83 bits per heavy atom. The Labute approximate surface area is 115 Å². The van der Waals surface area contributed by atoms with Crippen LogP contribution in [0.4, 0.5) is 0 Å². The highest BCUT2D eigenvalue weighted by atomic mass is 14.9. The van der Waals surface area contributed by atoms with Crippen molar-refractivity contribution in [2.45, 2.75) is 53.9 Å². The first kappa shape index (κ1) is 17.9. The zero-order valence-corrected chi connectivity index (χ0v) is 13.6. The van der Waals surface area contributed by atoms with Gasteiger partial charge in [0.05, 0.1) is 0 Å². The van der Waals surface area contributed by atoms with Crippen molar-refractivity contribution in [3.8, 4) is 0 Å². The van der Waals surface area contributed by atoms with Gasteiger partial charge in [0.25, 0.3) is 0 Å². The normalized spacial score (nSPS) is 21.7. The molecule has 0 spiro atoms. The molecular formula is C16H36N2. The Morgan fingerprint density at radius 3 is 2.17 bits per heavy atom. The highest BCUT2D eigenvalue weighted by molar-refractivity contribution is 4.70. The van der Waals surface area contributed by atoms with Crippen LogP contribution in [0.15, 0.2) is 0 Å². The van der Waals surface area contributed by atoms with Gasteiger partial charge < -0.3 is 10.6 Å². The van der Waals surface area contributed by atoms with Crippen molar-refractivity contribution in [1.82, 2.24) is 10.6 Å². The summed E-state index contributed by atoms with van der Waals surface area (Å²) in [6.45, 7) is 15.1. The third-order valence-corrected chi connectivity index (χ3v) is 4.27. The van der Waals surface area contributed by atoms with E-state index in [2.05, 4.69) is 45.3 Å². The number of piperidine rings is 1. The van der Waals surface area contributed by atoms with Crippen LogP contribution >= 0.6 is 0 Å². The van der Waals surface area contributed by atoms with Gasteiger partial charge >= 0.3 is 0 Å². The van der Waals surface area contributed by atoms with Crippen molar-refractivity contribution in [1.29, 1.82) is 0 Å². The topological polar surface area (TPSA) is 24.1 Å². The monoisotopic (exact) mass is 256 g/mol. The molecule has 0 bridgehead atoms. The van der Waals surface area contributed by atoms with Crippen LogP contribution in [0.5, 0.6) is 0 Å². The van der Waals surface area contributed by atoms with E-state index in [0.717, 1.165) is 30.2 Å². The molecule has 1 saturated heterocycles. The van der Waals surface area contributed by atoms with E-state index >= 15 is 0 Å². The molecule has 110 valence electrons. The maximum absolute atomic E-state index is 3.42. The Kier molecular flexibility index (Phi) is 10.8. The van der Waals surface area contributed by atoms with E-state index in [0.29, 0.717) is 0 Å². The third-order valence-electron chi connectivity index (χ3n) is 4.27. The fraction of sp³-hybridized carbons (Fsp3) is 1.00. The van der Waals surface area contributed by atoms with Gasteiger partial charge in [0.1, 0.15) is 0 Å². The third kappa shape index (κ3) is 8.93. The molecule has 2 heteroatoms. The Balaban J connectivity index is 0.000000321. The average Bonchev–Trinajstić information content (AvgIpc) is 2.37. The van der Waals surface area contributed by atoms with Gasteiger partial charge in [-0.3, -0.25) is 0 Å². The van der Waals surface area contributed by atoms with Crippen LogP contribution < -0.4 is 10.6 Å². The van der Waals surface area contributed by atoms with E-state index in [9.17, 15) is 0 Å². The minimum Gasteiger partial charge on any atom is -0.320 e. The van der Waals surface area contributed by atoms with Crippen LogP contribution in [-0.4, -0.2) is 26.7 Å². The molecule has 18 heavy (non-hydrogen) atoms. The lowest BCUT2D eigenvalue weighted by atomic mass is 9.89. The van der Waals surface area contributed by atoms with Gasteiger partial charge in [0, 0.05) is 0 Å². The molecule has 2 atom stereocenters. The second kappa shape index (κ2) is 10.8. The molecule has 0 aliphatic carbocycles. The van der Waals surface area contributed by atoms with E-state index in [1.807, 2.05) is 7.05 Å². The maximum atomic E-state index is 3.42. The number of nitrogens with one attached hydrogen (secondary N) is 2. The molecule has 0 amide bonds. The molecule has 2 N–H and O–H groups in total. The summed E-state index contributed by atoms with van der Waals surface area (Å²) in [6, 6.07) is 0. The zero-order valence-electron chi connectivity index (χ0n) is 13.6. The fourth-order valence-electron chi connectivity index (χ4n) is 2.15. The molecule has 0 aromatic heterocycles. The molecule has 2 nitrogen and oxygen atoms in total. The highest BCUT2D eigenvalue weighted by Crippen LogP contribution is 2.18. The van der Waals surface area contributed by atoms with Crippen LogP contribution in [0.3, 0.4) is 0 Å². The largest absolute Gasteiger partial charge is 0.320 e. The summed E-state index contributed by atoms with van der Waals surface area (Å²) in [5.41, 5.74) is 0. The molecular weight excluding hydrogens is 220 g/mol. The summed E-state index contributed by atoms with van der Waals surface area (Å²) in [4.78, 5) is 0. The molecule has 1 aliphatic heterocycles. The number of hydrogen-bond acceptors (Lipinski definition) is 2. The molecule has 1 aliphatic rings.